The predicted molar refractivity (Wildman–Crippen MR) is 116 cm³/mol. The van der Waals surface area contributed by atoms with E-state index in [1.54, 1.807) is 13.0 Å². The number of carboxylic acid groups (broad SMARTS) is 1. The second-order valence-electron chi connectivity index (χ2n) is 9.55. The molecule has 0 aliphatic carbocycles. The van der Waals surface area contributed by atoms with Crippen molar-refractivity contribution in [1.82, 2.24) is 0 Å². The summed E-state index contributed by atoms with van der Waals surface area (Å²) in [5.74, 6) is -0.539. The van der Waals surface area contributed by atoms with E-state index in [2.05, 4.69) is 53.7 Å². The topological polar surface area (TPSA) is 57.5 Å². The highest BCUT2D eigenvalue weighted by Gasteiger charge is 2.26. The first-order valence-electron chi connectivity index (χ1n) is 9.67. The van der Waals surface area contributed by atoms with Gasteiger partial charge in [-0.2, -0.15) is 0 Å². The van der Waals surface area contributed by atoms with Crippen molar-refractivity contribution in [2.75, 3.05) is 0 Å². The average Bonchev–Trinajstić information content (AvgIpc) is 2.55. The number of carbonyl (C=O) groups is 1. The third-order valence-electron chi connectivity index (χ3n) is 4.94. The molecule has 3 heteroatoms. The molecule has 3 nitrogen and oxygen atoms in total. The van der Waals surface area contributed by atoms with Crippen molar-refractivity contribution in [3.05, 3.63) is 69.8 Å². The van der Waals surface area contributed by atoms with E-state index in [0.29, 0.717) is 17.7 Å². The van der Waals surface area contributed by atoms with Crippen molar-refractivity contribution < 1.29 is 15.0 Å². The summed E-state index contributed by atoms with van der Waals surface area (Å²) < 4.78 is 0. The van der Waals surface area contributed by atoms with Gasteiger partial charge in [-0.15, -0.1) is 0 Å². The Bertz CT molecular complexity index is 871. The summed E-state index contributed by atoms with van der Waals surface area (Å²) >= 11 is 0. The predicted octanol–water partition coefficient (Wildman–Crippen LogP) is 6.07. The number of hydrogen-bond donors (Lipinski definition) is 2. The standard InChI is InChI=1S/C25H32O3/c1-16(23(27)28)12-18-10-8-9-11-19(18)13-17-14-20(24(2,3)4)22(26)21(15-17)25(5,6)7/h8-12,14-15,26H,13H2,1-7H3,(H,27,28)/b16-12+. The van der Waals surface area contributed by atoms with Crippen LogP contribution in [-0.2, 0) is 22.0 Å². The van der Waals surface area contributed by atoms with E-state index >= 15 is 0 Å². The van der Waals surface area contributed by atoms with Gasteiger partial charge < -0.3 is 10.2 Å². The van der Waals surface area contributed by atoms with Crippen LogP contribution < -0.4 is 0 Å². The van der Waals surface area contributed by atoms with Crippen LogP contribution in [0.5, 0.6) is 5.75 Å². The second-order valence-corrected chi connectivity index (χ2v) is 9.55. The van der Waals surface area contributed by atoms with E-state index in [1.165, 1.54) is 0 Å². The molecule has 0 unspecified atom stereocenters. The molecule has 0 amide bonds. The maximum atomic E-state index is 11.2. The maximum absolute atomic E-state index is 11.2. The Morgan fingerprint density at radius 3 is 1.93 bits per heavy atom. The quantitative estimate of drug-likeness (QED) is 0.633. The molecule has 0 spiro atoms. The highest BCUT2D eigenvalue weighted by Crippen LogP contribution is 2.40. The van der Waals surface area contributed by atoms with Crippen LogP contribution in [-0.4, -0.2) is 16.2 Å². The fourth-order valence-electron chi connectivity index (χ4n) is 3.29. The van der Waals surface area contributed by atoms with Crippen LogP contribution in [0.2, 0.25) is 0 Å². The van der Waals surface area contributed by atoms with E-state index in [1.807, 2.05) is 24.3 Å². The summed E-state index contributed by atoms with van der Waals surface area (Å²) in [4.78, 5) is 11.2. The zero-order valence-electron chi connectivity index (χ0n) is 18.1. The zero-order chi connectivity index (χ0) is 21.3. The SMILES string of the molecule is C/C(=C\c1ccccc1Cc1cc(C(C)(C)C)c(O)c(C(C)(C)C)c1)C(=O)O. The van der Waals surface area contributed by atoms with Gasteiger partial charge in [0.15, 0.2) is 0 Å². The third kappa shape index (κ3) is 5.03. The third-order valence-corrected chi connectivity index (χ3v) is 4.94. The minimum atomic E-state index is -0.913. The summed E-state index contributed by atoms with van der Waals surface area (Å²) in [6, 6.07) is 12.0. The van der Waals surface area contributed by atoms with Crippen LogP contribution in [0.15, 0.2) is 42.0 Å². The number of carboxylic acids is 1. The number of phenolic OH excluding ortho intramolecular Hbond substituents is 1. The molecule has 0 bridgehead atoms. The van der Waals surface area contributed by atoms with Crippen LogP contribution >= 0.6 is 0 Å². The van der Waals surface area contributed by atoms with Crippen LogP contribution in [0.4, 0.5) is 0 Å². The lowest BCUT2D eigenvalue weighted by atomic mass is 9.78. The molecule has 150 valence electrons. The first kappa shape index (κ1) is 21.7. The lowest BCUT2D eigenvalue weighted by molar-refractivity contribution is -0.132. The first-order chi connectivity index (χ1) is 12.8. The summed E-state index contributed by atoms with van der Waals surface area (Å²) in [6.07, 6.45) is 2.39. The number of hydrogen-bond acceptors (Lipinski definition) is 2. The van der Waals surface area contributed by atoms with E-state index in [-0.39, 0.29) is 10.8 Å². The van der Waals surface area contributed by atoms with Crippen LogP contribution in [0.3, 0.4) is 0 Å². The second kappa shape index (κ2) is 7.83. The number of rotatable bonds is 4. The van der Waals surface area contributed by atoms with Crippen molar-refractivity contribution in [1.29, 1.82) is 0 Å². The smallest absolute Gasteiger partial charge is 0.331 e. The minimum absolute atomic E-state index is 0.181. The summed E-state index contributed by atoms with van der Waals surface area (Å²) in [5.41, 5.74) is 4.90. The number of aliphatic carboxylic acids is 1. The number of aromatic hydroxyl groups is 1. The zero-order valence-corrected chi connectivity index (χ0v) is 18.1. The van der Waals surface area contributed by atoms with Gasteiger partial charge in [0.05, 0.1) is 0 Å². The molecule has 2 aromatic rings. The lowest BCUT2D eigenvalue weighted by Crippen LogP contribution is -2.18. The Morgan fingerprint density at radius 1 is 0.964 bits per heavy atom. The molecule has 0 aromatic heterocycles. The van der Waals surface area contributed by atoms with Gasteiger partial charge in [0.25, 0.3) is 0 Å². The number of benzene rings is 2. The molecule has 0 aliphatic rings. The molecule has 0 saturated carbocycles. The summed E-state index contributed by atoms with van der Waals surface area (Å²) in [7, 11) is 0. The molecule has 28 heavy (non-hydrogen) atoms. The Balaban J connectivity index is 2.60. The molecule has 2 N–H and O–H groups in total. The van der Waals surface area contributed by atoms with Gasteiger partial charge in [-0.25, -0.2) is 4.79 Å². The fraction of sp³-hybridized carbons (Fsp3) is 0.400. The number of phenols is 1. The summed E-state index contributed by atoms with van der Waals surface area (Å²) in [6.45, 7) is 14.2. The Kier molecular flexibility index (Phi) is 6.08. The van der Waals surface area contributed by atoms with Crippen molar-refractivity contribution in [3.63, 3.8) is 0 Å². The highest BCUT2D eigenvalue weighted by molar-refractivity contribution is 5.91. The van der Waals surface area contributed by atoms with E-state index in [0.717, 1.165) is 27.8 Å². The van der Waals surface area contributed by atoms with Gasteiger partial charge in [0.2, 0.25) is 0 Å². The molecule has 0 saturated heterocycles. The van der Waals surface area contributed by atoms with Crippen molar-refractivity contribution >= 4 is 12.0 Å². The Labute approximate surface area is 168 Å². The molecular formula is C25H32O3. The average molecular weight is 381 g/mol. The lowest BCUT2D eigenvalue weighted by Gasteiger charge is -2.28. The normalized spacial score (nSPS) is 12.9. The van der Waals surface area contributed by atoms with Crippen LogP contribution in [0.1, 0.15) is 76.3 Å². The van der Waals surface area contributed by atoms with E-state index < -0.39 is 5.97 Å². The van der Waals surface area contributed by atoms with Gasteiger partial charge in [0.1, 0.15) is 5.75 Å². The molecule has 0 aliphatic heterocycles. The van der Waals surface area contributed by atoms with Crippen molar-refractivity contribution in [3.8, 4) is 5.75 Å². The highest BCUT2D eigenvalue weighted by atomic mass is 16.4. The van der Waals surface area contributed by atoms with E-state index in [4.69, 9.17) is 0 Å². The summed E-state index contributed by atoms with van der Waals surface area (Å²) in [5, 5.41) is 20.1. The van der Waals surface area contributed by atoms with Gasteiger partial charge in [-0.1, -0.05) is 77.9 Å². The monoisotopic (exact) mass is 380 g/mol. The van der Waals surface area contributed by atoms with Crippen molar-refractivity contribution in [2.24, 2.45) is 0 Å². The van der Waals surface area contributed by atoms with Crippen LogP contribution in [0, 0.1) is 0 Å². The Hall–Kier alpha value is -2.55. The van der Waals surface area contributed by atoms with Crippen LogP contribution in [0.25, 0.3) is 6.08 Å². The molecule has 0 radical (unpaired) electrons. The van der Waals surface area contributed by atoms with Gasteiger partial charge in [-0.3, -0.25) is 0 Å². The molecule has 0 heterocycles. The van der Waals surface area contributed by atoms with Gasteiger partial charge in [-0.05, 0) is 58.1 Å². The molecule has 2 rings (SSSR count). The minimum Gasteiger partial charge on any atom is -0.507 e. The van der Waals surface area contributed by atoms with E-state index in [9.17, 15) is 15.0 Å². The maximum Gasteiger partial charge on any atom is 0.331 e. The molecular weight excluding hydrogens is 348 g/mol. The van der Waals surface area contributed by atoms with Gasteiger partial charge >= 0.3 is 5.97 Å². The molecule has 0 fully saturated rings. The first-order valence-corrected chi connectivity index (χ1v) is 9.67. The van der Waals surface area contributed by atoms with Gasteiger partial charge in [0, 0.05) is 5.57 Å². The largest absolute Gasteiger partial charge is 0.507 e. The molecule has 0 atom stereocenters. The molecule has 2 aromatic carbocycles. The Morgan fingerprint density at radius 2 is 1.46 bits per heavy atom. The fourth-order valence-corrected chi connectivity index (χ4v) is 3.29. The van der Waals surface area contributed by atoms with Crippen molar-refractivity contribution in [2.45, 2.75) is 65.7 Å².